The van der Waals surface area contributed by atoms with Crippen molar-refractivity contribution in [3.05, 3.63) is 34.9 Å². The third-order valence-corrected chi connectivity index (χ3v) is 2.91. The molecule has 17 heavy (non-hydrogen) atoms. The fourth-order valence-corrected chi connectivity index (χ4v) is 1.64. The van der Waals surface area contributed by atoms with Crippen LogP contribution in [0, 0.1) is 0 Å². The number of carbonyl (C=O) groups excluding carboxylic acids is 1. The van der Waals surface area contributed by atoms with Gasteiger partial charge in [-0.25, -0.2) is 0 Å². The van der Waals surface area contributed by atoms with Crippen LogP contribution in [0.5, 0.6) is 0 Å². The summed E-state index contributed by atoms with van der Waals surface area (Å²) < 4.78 is 37.9. The standard InChI is InChI=1S/C11H11F3N2O/c12-11(13,14)8-4-6(9(15)17)3-7(5-8)10(16)1-2-10/h3-5H,1-2,16H2,(H2,15,17). The Morgan fingerprint density at radius 1 is 1.24 bits per heavy atom. The minimum Gasteiger partial charge on any atom is -0.366 e. The van der Waals surface area contributed by atoms with Crippen molar-refractivity contribution in [3.8, 4) is 0 Å². The zero-order valence-corrected chi connectivity index (χ0v) is 8.84. The van der Waals surface area contributed by atoms with E-state index >= 15 is 0 Å². The SMILES string of the molecule is NC(=O)c1cc(C(F)(F)F)cc(C2(N)CC2)c1. The molecule has 1 aromatic rings. The van der Waals surface area contributed by atoms with Crippen LogP contribution in [0.1, 0.15) is 34.3 Å². The first-order valence-electron chi connectivity index (χ1n) is 5.04. The normalized spacial score (nSPS) is 17.9. The van der Waals surface area contributed by atoms with Crippen molar-refractivity contribution < 1.29 is 18.0 Å². The number of rotatable bonds is 2. The highest BCUT2D eigenvalue weighted by Gasteiger charge is 2.42. The highest BCUT2D eigenvalue weighted by molar-refractivity contribution is 5.93. The predicted molar refractivity (Wildman–Crippen MR) is 55.1 cm³/mol. The van der Waals surface area contributed by atoms with Crippen molar-refractivity contribution in [1.82, 2.24) is 0 Å². The molecule has 92 valence electrons. The molecule has 0 atom stereocenters. The van der Waals surface area contributed by atoms with E-state index in [-0.39, 0.29) is 5.56 Å². The molecule has 6 heteroatoms. The summed E-state index contributed by atoms with van der Waals surface area (Å²) in [5, 5.41) is 0. The van der Waals surface area contributed by atoms with Crippen LogP contribution in [0.2, 0.25) is 0 Å². The molecule has 1 amide bonds. The number of hydrogen-bond donors (Lipinski definition) is 2. The number of halogens is 3. The lowest BCUT2D eigenvalue weighted by Crippen LogP contribution is -2.22. The van der Waals surface area contributed by atoms with E-state index in [0.717, 1.165) is 12.1 Å². The van der Waals surface area contributed by atoms with Gasteiger partial charge in [0.1, 0.15) is 0 Å². The molecule has 0 aliphatic heterocycles. The summed E-state index contributed by atoms with van der Waals surface area (Å²) in [6.07, 6.45) is -3.27. The number of benzene rings is 1. The van der Waals surface area contributed by atoms with Gasteiger partial charge in [0.05, 0.1) is 5.56 Å². The lowest BCUT2D eigenvalue weighted by atomic mass is 9.98. The molecule has 0 radical (unpaired) electrons. The van der Waals surface area contributed by atoms with E-state index < -0.39 is 23.2 Å². The molecule has 3 nitrogen and oxygen atoms in total. The second kappa shape index (κ2) is 3.46. The van der Waals surface area contributed by atoms with E-state index in [1.54, 1.807) is 0 Å². The summed E-state index contributed by atoms with van der Waals surface area (Å²) in [5.74, 6) is -0.887. The smallest absolute Gasteiger partial charge is 0.366 e. The summed E-state index contributed by atoms with van der Waals surface area (Å²) >= 11 is 0. The number of amides is 1. The minimum atomic E-state index is -4.51. The van der Waals surface area contributed by atoms with Crippen molar-refractivity contribution in [2.24, 2.45) is 11.5 Å². The summed E-state index contributed by atoms with van der Waals surface area (Å²) in [6.45, 7) is 0. The first kappa shape index (κ1) is 11.9. The van der Waals surface area contributed by atoms with E-state index in [4.69, 9.17) is 11.5 Å². The van der Waals surface area contributed by atoms with Crippen LogP contribution >= 0.6 is 0 Å². The molecule has 0 heterocycles. The van der Waals surface area contributed by atoms with Crippen LogP contribution in [0.4, 0.5) is 13.2 Å². The van der Waals surface area contributed by atoms with Crippen molar-refractivity contribution in [3.63, 3.8) is 0 Å². The molecular weight excluding hydrogens is 233 g/mol. The number of primary amides is 1. The number of nitrogens with two attached hydrogens (primary N) is 2. The number of alkyl halides is 3. The van der Waals surface area contributed by atoms with Crippen LogP contribution in [0.15, 0.2) is 18.2 Å². The van der Waals surface area contributed by atoms with Gasteiger partial charge < -0.3 is 11.5 Å². The largest absolute Gasteiger partial charge is 0.416 e. The zero-order chi connectivity index (χ0) is 12.8. The van der Waals surface area contributed by atoms with Gasteiger partial charge >= 0.3 is 6.18 Å². The molecule has 4 N–H and O–H groups in total. The molecule has 0 bridgehead atoms. The van der Waals surface area contributed by atoms with Crippen LogP contribution in [-0.4, -0.2) is 5.91 Å². The molecule has 2 rings (SSSR count). The third kappa shape index (κ3) is 2.26. The highest BCUT2D eigenvalue weighted by atomic mass is 19.4. The van der Waals surface area contributed by atoms with Gasteiger partial charge in [0, 0.05) is 11.1 Å². The van der Waals surface area contributed by atoms with E-state index in [1.807, 2.05) is 0 Å². The lowest BCUT2D eigenvalue weighted by molar-refractivity contribution is -0.137. The maximum atomic E-state index is 12.6. The van der Waals surface area contributed by atoms with E-state index in [9.17, 15) is 18.0 Å². The molecule has 0 unspecified atom stereocenters. The quantitative estimate of drug-likeness (QED) is 0.832. The van der Waals surface area contributed by atoms with E-state index in [1.165, 1.54) is 6.07 Å². The monoisotopic (exact) mass is 244 g/mol. The van der Waals surface area contributed by atoms with Gasteiger partial charge in [0.15, 0.2) is 0 Å². The average molecular weight is 244 g/mol. The highest BCUT2D eigenvalue weighted by Crippen LogP contribution is 2.44. The fourth-order valence-electron chi connectivity index (χ4n) is 1.64. The average Bonchev–Trinajstić information content (AvgIpc) is 2.96. The molecule has 0 spiro atoms. The molecular formula is C11H11F3N2O. The Hall–Kier alpha value is -1.56. The summed E-state index contributed by atoms with van der Waals surface area (Å²) in [4.78, 5) is 11.0. The molecule has 0 aromatic heterocycles. The Morgan fingerprint density at radius 2 is 1.82 bits per heavy atom. The van der Waals surface area contributed by atoms with Crippen LogP contribution < -0.4 is 11.5 Å². The van der Waals surface area contributed by atoms with Gasteiger partial charge in [-0.05, 0) is 36.6 Å². The predicted octanol–water partition coefficient (Wildman–Crippen LogP) is 1.75. The molecule has 0 saturated heterocycles. The first-order chi connectivity index (χ1) is 7.72. The Balaban J connectivity index is 2.54. The zero-order valence-electron chi connectivity index (χ0n) is 8.84. The molecule has 1 aromatic carbocycles. The van der Waals surface area contributed by atoms with Gasteiger partial charge in [0.2, 0.25) is 5.91 Å². The maximum Gasteiger partial charge on any atom is 0.416 e. The first-order valence-corrected chi connectivity index (χ1v) is 5.04. The third-order valence-electron chi connectivity index (χ3n) is 2.91. The van der Waals surface area contributed by atoms with Crippen molar-refractivity contribution in [2.45, 2.75) is 24.6 Å². The number of carbonyl (C=O) groups is 1. The molecule has 1 fully saturated rings. The van der Waals surface area contributed by atoms with Crippen LogP contribution in [-0.2, 0) is 11.7 Å². The van der Waals surface area contributed by atoms with Crippen LogP contribution in [0.25, 0.3) is 0 Å². The van der Waals surface area contributed by atoms with Gasteiger partial charge in [-0.1, -0.05) is 0 Å². The topological polar surface area (TPSA) is 69.1 Å². The summed E-state index contributed by atoms with van der Waals surface area (Å²) in [7, 11) is 0. The van der Waals surface area contributed by atoms with Gasteiger partial charge in [-0.15, -0.1) is 0 Å². The fraction of sp³-hybridized carbons (Fsp3) is 0.364. The Labute approximate surface area is 95.6 Å². The maximum absolute atomic E-state index is 12.6. The van der Waals surface area contributed by atoms with Gasteiger partial charge in [-0.3, -0.25) is 4.79 Å². The van der Waals surface area contributed by atoms with Crippen molar-refractivity contribution in [2.75, 3.05) is 0 Å². The lowest BCUT2D eigenvalue weighted by Gasteiger charge is -2.14. The molecule has 1 aliphatic rings. The van der Waals surface area contributed by atoms with Gasteiger partial charge in [0.25, 0.3) is 0 Å². The number of hydrogen-bond acceptors (Lipinski definition) is 2. The second-order valence-electron chi connectivity index (χ2n) is 4.32. The Kier molecular flexibility index (Phi) is 2.43. The second-order valence-corrected chi connectivity index (χ2v) is 4.32. The Morgan fingerprint density at radius 3 is 2.24 bits per heavy atom. The van der Waals surface area contributed by atoms with Crippen molar-refractivity contribution in [1.29, 1.82) is 0 Å². The molecule has 1 saturated carbocycles. The minimum absolute atomic E-state index is 0.161. The van der Waals surface area contributed by atoms with Crippen LogP contribution in [0.3, 0.4) is 0 Å². The molecule has 1 aliphatic carbocycles. The summed E-state index contributed by atoms with van der Waals surface area (Å²) in [5.41, 5.74) is 9.38. The Bertz CT molecular complexity index is 455. The van der Waals surface area contributed by atoms with E-state index in [2.05, 4.69) is 0 Å². The van der Waals surface area contributed by atoms with E-state index in [0.29, 0.717) is 18.4 Å². The summed E-state index contributed by atoms with van der Waals surface area (Å²) in [6, 6.07) is 3.07. The van der Waals surface area contributed by atoms with Crippen molar-refractivity contribution >= 4 is 5.91 Å². The van der Waals surface area contributed by atoms with Gasteiger partial charge in [-0.2, -0.15) is 13.2 Å².